The van der Waals surface area contributed by atoms with Gasteiger partial charge < -0.3 is 9.47 Å². The first-order chi connectivity index (χ1) is 7.69. The Balaban J connectivity index is 2.43. The lowest BCUT2D eigenvalue weighted by Crippen LogP contribution is -2.43. The molecule has 1 aliphatic rings. The number of rotatable bonds is 6. The van der Waals surface area contributed by atoms with Crippen LogP contribution in [0.1, 0.15) is 52.4 Å². The Hall–Kier alpha value is -1.06. The maximum atomic E-state index is 11.5. The van der Waals surface area contributed by atoms with Gasteiger partial charge in [0.2, 0.25) is 0 Å². The summed E-state index contributed by atoms with van der Waals surface area (Å²) in [6.45, 7) is 4.06. The van der Waals surface area contributed by atoms with Gasteiger partial charge in [0.25, 0.3) is 0 Å². The maximum Gasteiger partial charge on any atom is 0.348 e. The van der Waals surface area contributed by atoms with Crippen molar-refractivity contribution < 1.29 is 19.1 Å². The van der Waals surface area contributed by atoms with Gasteiger partial charge in [0.1, 0.15) is 0 Å². The van der Waals surface area contributed by atoms with E-state index in [-0.39, 0.29) is 11.9 Å². The van der Waals surface area contributed by atoms with Crippen LogP contribution in [0.25, 0.3) is 0 Å². The van der Waals surface area contributed by atoms with Gasteiger partial charge in [-0.15, -0.1) is 0 Å². The molecular weight excluding hydrogens is 208 g/mol. The Morgan fingerprint density at radius 2 is 1.25 bits per heavy atom. The molecule has 1 rings (SSSR count). The standard InChI is InChI=1S/C12H20O4/c1-3-5-7-9-11(13)16-10(8-6-4-2)12(14)15-9/h9-10H,3-8H2,1-2H3/t9-,10+. The second-order valence-corrected chi connectivity index (χ2v) is 4.14. The molecule has 0 N–H and O–H groups in total. The van der Waals surface area contributed by atoms with Crippen LogP contribution in [0.4, 0.5) is 0 Å². The summed E-state index contributed by atoms with van der Waals surface area (Å²) in [7, 11) is 0. The Bertz CT molecular complexity index is 223. The van der Waals surface area contributed by atoms with Gasteiger partial charge in [0.05, 0.1) is 0 Å². The van der Waals surface area contributed by atoms with Gasteiger partial charge in [-0.1, -0.05) is 26.7 Å². The molecule has 1 fully saturated rings. The summed E-state index contributed by atoms with van der Waals surface area (Å²) in [6.07, 6.45) is 3.47. The fourth-order valence-corrected chi connectivity index (χ4v) is 1.66. The van der Waals surface area contributed by atoms with E-state index >= 15 is 0 Å². The van der Waals surface area contributed by atoms with Crippen molar-refractivity contribution in [3.8, 4) is 0 Å². The summed E-state index contributed by atoms with van der Waals surface area (Å²) in [5.41, 5.74) is 0. The smallest absolute Gasteiger partial charge is 0.348 e. The minimum Gasteiger partial charge on any atom is -0.448 e. The number of carbonyl (C=O) groups is 2. The molecule has 0 aromatic carbocycles. The summed E-state index contributed by atoms with van der Waals surface area (Å²) in [6, 6.07) is 0. The Morgan fingerprint density at radius 1 is 0.875 bits per heavy atom. The molecule has 0 saturated carbocycles. The number of hydrogen-bond donors (Lipinski definition) is 0. The molecule has 1 saturated heterocycles. The number of cyclic esters (lactones) is 2. The van der Waals surface area contributed by atoms with E-state index in [4.69, 9.17) is 9.47 Å². The van der Waals surface area contributed by atoms with Crippen LogP contribution in [0.5, 0.6) is 0 Å². The molecule has 0 unspecified atom stereocenters. The molecule has 0 amide bonds. The molecule has 0 bridgehead atoms. The number of hydrogen-bond acceptors (Lipinski definition) is 4. The summed E-state index contributed by atoms with van der Waals surface area (Å²) < 4.78 is 10.2. The van der Waals surface area contributed by atoms with Crippen LogP contribution in [0.3, 0.4) is 0 Å². The van der Waals surface area contributed by atoms with Crippen LogP contribution in [0.15, 0.2) is 0 Å². The minimum atomic E-state index is -0.676. The van der Waals surface area contributed by atoms with Crippen LogP contribution < -0.4 is 0 Å². The molecule has 0 radical (unpaired) electrons. The third-order valence-corrected chi connectivity index (χ3v) is 2.68. The highest BCUT2D eigenvalue weighted by Gasteiger charge is 2.37. The molecule has 1 aliphatic heterocycles. The number of esters is 2. The molecule has 92 valence electrons. The zero-order valence-electron chi connectivity index (χ0n) is 10.0. The van der Waals surface area contributed by atoms with Gasteiger partial charge in [-0.25, -0.2) is 9.59 Å². The van der Waals surface area contributed by atoms with Gasteiger partial charge in [-0.3, -0.25) is 0 Å². The lowest BCUT2D eigenvalue weighted by atomic mass is 10.1. The van der Waals surface area contributed by atoms with E-state index in [2.05, 4.69) is 0 Å². The maximum absolute atomic E-state index is 11.5. The van der Waals surface area contributed by atoms with Crippen LogP contribution in [0, 0.1) is 0 Å². The Kier molecular flexibility index (Phi) is 5.29. The Labute approximate surface area is 96.3 Å². The summed E-state index contributed by atoms with van der Waals surface area (Å²) >= 11 is 0. The van der Waals surface area contributed by atoms with E-state index in [9.17, 15) is 9.59 Å². The topological polar surface area (TPSA) is 52.6 Å². The van der Waals surface area contributed by atoms with Crippen molar-refractivity contribution in [2.75, 3.05) is 0 Å². The van der Waals surface area contributed by atoms with E-state index < -0.39 is 12.2 Å². The number of carbonyl (C=O) groups excluding carboxylic acids is 2. The SMILES string of the molecule is CCCC[C@@H]1OC(=O)[C@@H](CCCC)OC1=O. The summed E-state index contributed by atoms with van der Waals surface area (Å²) in [4.78, 5) is 23.0. The molecule has 0 aromatic heterocycles. The normalized spacial score (nSPS) is 25.1. The van der Waals surface area contributed by atoms with E-state index in [1.54, 1.807) is 0 Å². The lowest BCUT2D eigenvalue weighted by molar-refractivity contribution is -0.195. The van der Waals surface area contributed by atoms with E-state index in [0.717, 1.165) is 25.7 Å². The minimum absolute atomic E-state index is 0.380. The summed E-state index contributed by atoms with van der Waals surface area (Å²) in [5.74, 6) is -0.761. The average molecular weight is 228 g/mol. The zero-order chi connectivity index (χ0) is 12.0. The first-order valence-electron chi connectivity index (χ1n) is 6.10. The molecule has 2 atom stereocenters. The molecule has 16 heavy (non-hydrogen) atoms. The highest BCUT2D eigenvalue weighted by atomic mass is 16.6. The van der Waals surface area contributed by atoms with Crippen LogP contribution in [0.2, 0.25) is 0 Å². The fraction of sp³-hybridized carbons (Fsp3) is 0.833. The van der Waals surface area contributed by atoms with Gasteiger partial charge in [0, 0.05) is 0 Å². The second-order valence-electron chi connectivity index (χ2n) is 4.14. The van der Waals surface area contributed by atoms with Crippen LogP contribution in [-0.4, -0.2) is 24.1 Å². The summed E-state index contributed by atoms with van der Waals surface area (Å²) in [5, 5.41) is 0. The number of unbranched alkanes of at least 4 members (excludes halogenated alkanes) is 2. The molecule has 0 spiro atoms. The number of ether oxygens (including phenoxy) is 2. The average Bonchev–Trinajstić information content (AvgIpc) is 2.28. The van der Waals surface area contributed by atoms with Crippen LogP contribution >= 0.6 is 0 Å². The van der Waals surface area contributed by atoms with Crippen molar-refractivity contribution in [3.05, 3.63) is 0 Å². The van der Waals surface area contributed by atoms with Gasteiger partial charge in [-0.05, 0) is 25.7 Å². The molecule has 1 heterocycles. The fourth-order valence-electron chi connectivity index (χ4n) is 1.66. The molecule has 4 heteroatoms. The van der Waals surface area contributed by atoms with E-state index in [1.165, 1.54) is 0 Å². The quantitative estimate of drug-likeness (QED) is 0.654. The van der Waals surface area contributed by atoms with Gasteiger partial charge >= 0.3 is 11.9 Å². The van der Waals surface area contributed by atoms with Crippen molar-refractivity contribution in [2.24, 2.45) is 0 Å². The van der Waals surface area contributed by atoms with Crippen molar-refractivity contribution >= 4 is 11.9 Å². The third kappa shape index (κ3) is 3.51. The molecule has 4 nitrogen and oxygen atoms in total. The predicted molar refractivity (Wildman–Crippen MR) is 58.8 cm³/mol. The predicted octanol–water partition coefficient (Wildman–Crippen LogP) is 2.20. The van der Waals surface area contributed by atoms with Gasteiger partial charge in [0.15, 0.2) is 12.2 Å². The van der Waals surface area contributed by atoms with Crippen molar-refractivity contribution in [2.45, 2.75) is 64.6 Å². The highest BCUT2D eigenvalue weighted by Crippen LogP contribution is 2.18. The van der Waals surface area contributed by atoms with Crippen molar-refractivity contribution in [1.82, 2.24) is 0 Å². The second kappa shape index (κ2) is 6.51. The van der Waals surface area contributed by atoms with Crippen molar-refractivity contribution in [3.63, 3.8) is 0 Å². The van der Waals surface area contributed by atoms with Crippen molar-refractivity contribution in [1.29, 1.82) is 0 Å². The largest absolute Gasteiger partial charge is 0.448 e. The highest BCUT2D eigenvalue weighted by molar-refractivity contribution is 5.87. The molecule has 0 aliphatic carbocycles. The first-order valence-corrected chi connectivity index (χ1v) is 6.10. The van der Waals surface area contributed by atoms with E-state index in [1.807, 2.05) is 13.8 Å². The lowest BCUT2D eigenvalue weighted by Gasteiger charge is -2.27. The van der Waals surface area contributed by atoms with Gasteiger partial charge in [-0.2, -0.15) is 0 Å². The zero-order valence-corrected chi connectivity index (χ0v) is 10.0. The molecule has 0 aromatic rings. The third-order valence-electron chi connectivity index (χ3n) is 2.68. The van der Waals surface area contributed by atoms with Crippen LogP contribution in [-0.2, 0) is 19.1 Å². The monoisotopic (exact) mass is 228 g/mol. The Morgan fingerprint density at radius 3 is 1.56 bits per heavy atom. The first kappa shape index (κ1) is 13.0. The molecular formula is C12H20O4. The van der Waals surface area contributed by atoms with E-state index in [0.29, 0.717) is 12.8 Å².